The molecule has 15 nitrogen and oxygen atoms in total. The predicted molar refractivity (Wildman–Crippen MR) is 229 cm³/mol. The van der Waals surface area contributed by atoms with Gasteiger partial charge in [-0.3, -0.25) is 28.1 Å². The van der Waals surface area contributed by atoms with Crippen molar-refractivity contribution in [1.82, 2.24) is 48.7 Å². The summed E-state index contributed by atoms with van der Waals surface area (Å²) in [6.45, 7) is 8.54. The Labute approximate surface area is 361 Å². The number of aromatic nitrogens is 9. The van der Waals surface area contributed by atoms with E-state index >= 15 is 13.6 Å². The van der Waals surface area contributed by atoms with Gasteiger partial charge in [0.1, 0.15) is 11.6 Å². The van der Waals surface area contributed by atoms with Gasteiger partial charge in [0.05, 0.1) is 67.0 Å². The van der Waals surface area contributed by atoms with Gasteiger partial charge in [-0.2, -0.15) is 10.2 Å². The molecule has 1 saturated carbocycles. The topological polar surface area (TPSA) is 164 Å². The molecule has 11 rings (SSSR count). The molecule has 322 valence electrons. The van der Waals surface area contributed by atoms with Gasteiger partial charge in [0.2, 0.25) is 0 Å². The minimum absolute atomic E-state index is 0.0431. The molecule has 1 N–H and O–H groups in total. The Kier molecular flexibility index (Phi) is 8.73. The predicted octanol–water partition coefficient (Wildman–Crippen LogP) is 6.83. The molecule has 0 unspecified atom stereocenters. The zero-order valence-corrected chi connectivity index (χ0v) is 36.0. The number of H-pyrrole nitrogens is 1. The molecule has 8 aromatic rings. The van der Waals surface area contributed by atoms with Crippen molar-refractivity contribution in [3.8, 4) is 17.2 Å². The first-order valence-electron chi connectivity index (χ1n) is 20.9. The number of ether oxygens (including phenoxy) is 1. The quantitative estimate of drug-likeness (QED) is 0.181. The van der Waals surface area contributed by atoms with Gasteiger partial charge < -0.3 is 9.64 Å². The fourth-order valence-electron chi connectivity index (χ4n) is 9.64. The lowest BCUT2D eigenvalue weighted by molar-refractivity contribution is -0.0593. The van der Waals surface area contributed by atoms with Crippen molar-refractivity contribution in [2.24, 2.45) is 7.05 Å². The van der Waals surface area contributed by atoms with Gasteiger partial charge in [-0.25, -0.2) is 28.0 Å². The van der Waals surface area contributed by atoms with E-state index in [9.17, 15) is 9.59 Å². The number of rotatable bonds is 7. The van der Waals surface area contributed by atoms with Crippen molar-refractivity contribution >= 4 is 38.4 Å². The van der Waals surface area contributed by atoms with Crippen LogP contribution in [0.15, 0.2) is 69.1 Å². The van der Waals surface area contributed by atoms with Crippen molar-refractivity contribution in [2.45, 2.75) is 83.3 Å². The lowest BCUT2D eigenvalue weighted by Crippen LogP contribution is -2.37. The maximum Gasteiger partial charge on any atom is 0.438 e. The second kappa shape index (κ2) is 14.0. The normalized spacial score (nSPS) is 18.1. The highest BCUT2D eigenvalue weighted by atomic mass is 32.1. The van der Waals surface area contributed by atoms with Crippen molar-refractivity contribution in [1.29, 1.82) is 0 Å². The minimum Gasteiger partial charge on any atom is -0.376 e. The summed E-state index contributed by atoms with van der Waals surface area (Å²) in [4.78, 5) is 51.6. The van der Waals surface area contributed by atoms with Crippen LogP contribution >= 0.6 is 11.3 Å². The molecule has 1 saturated heterocycles. The highest BCUT2D eigenvalue weighted by molar-refractivity contribution is 7.18. The molecular weight excluding hydrogens is 831 g/mol. The van der Waals surface area contributed by atoms with Gasteiger partial charge in [0, 0.05) is 56.1 Å². The van der Waals surface area contributed by atoms with Gasteiger partial charge in [0.15, 0.2) is 11.6 Å². The molecular formula is C45H42F2N10O5S. The first-order chi connectivity index (χ1) is 30.2. The second-order valence-corrected chi connectivity index (χ2v) is 18.8. The van der Waals surface area contributed by atoms with Crippen LogP contribution in [0.25, 0.3) is 38.3 Å². The molecule has 2 aliphatic heterocycles. The number of hydrogen-bond donors (Lipinski definition) is 1. The number of hydrogen-bond acceptors (Lipinski definition) is 10. The largest absolute Gasteiger partial charge is 0.438 e. The number of fused-ring (bicyclic) bond motifs is 3. The maximum absolute atomic E-state index is 16.0. The summed E-state index contributed by atoms with van der Waals surface area (Å²) in [7, 11) is 1.72. The Balaban J connectivity index is 1.03. The number of aryl methyl sites for hydroxylation is 3. The van der Waals surface area contributed by atoms with Crippen LogP contribution < -0.4 is 11.4 Å². The van der Waals surface area contributed by atoms with Crippen molar-refractivity contribution in [3.05, 3.63) is 132 Å². The number of imidazole rings is 1. The first kappa shape index (κ1) is 39.3. The molecule has 5 aromatic heterocycles. The van der Waals surface area contributed by atoms with E-state index in [-0.39, 0.29) is 40.9 Å². The van der Waals surface area contributed by atoms with Crippen LogP contribution in [-0.2, 0) is 30.2 Å². The van der Waals surface area contributed by atoms with Crippen LogP contribution in [0.5, 0.6) is 0 Å². The van der Waals surface area contributed by atoms with Gasteiger partial charge in [-0.15, -0.1) is 11.3 Å². The van der Waals surface area contributed by atoms with E-state index in [1.54, 1.807) is 70.9 Å². The fraction of sp³-hybridized carbons (Fsp3) is 0.356. The number of aromatic amines is 1. The molecule has 1 atom stereocenters. The molecule has 1 amide bonds. The Bertz CT molecular complexity index is 3300. The monoisotopic (exact) mass is 872 g/mol. The van der Waals surface area contributed by atoms with E-state index in [2.05, 4.69) is 29.1 Å². The number of nitrogens with one attached hydrogen (secondary N) is 1. The third-order valence-electron chi connectivity index (χ3n) is 13.1. The standard InChI is InChI=1S/C45H42F2N10O5S/c1-23-16-26(17-24(2)36(23)46)57-39(56-14-13-55(43(56)60)34-7-6-33-28(37(34)47)21-48-53(33)5)29-22-54(12-8-31(29)51-57)40(58)27-18-35-32(49-38(63-35)25-9-15-61-44(3,4)20-25)19-30(27)45(10-11-45)41-50-42(59)62-52-41/h6-7,13-14,16-19,21,25H,8-12,15,20,22H2,1-5H3,(H,50,52,59)/t25-/m0/s1. The molecule has 18 heteroatoms. The van der Waals surface area contributed by atoms with Crippen LogP contribution in [0.1, 0.15) is 94.6 Å². The van der Waals surface area contributed by atoms with E-state index in [0.717, 1.165) is 28.1 Å². The first-order valence-corrected chi connectivity index (χ1v) is 21.7. The van der Waals surface area contributed by atoms with E-state index in [1.165, 1.54) is 27.6 Å². The summed E-state index contributed by atoms with van der Waals surface area (Å²) in [5.74, 6) is -0.960. The Morgan fingerprint density at radius 2 is 1.79 bits per heavy atom. The van der Waals surface area contributed by atoms with Crippen LogP contribution in [-0.4, -0.2) is 73.4 Å². The molecule has 0 bridgehead atoms. The molecule has 3 aromatic carbocycles. The SMILES string of the molecule is Cc1cc(-n2nc3c(c2-n2ccn(-c4ccc5c(cnn5C)c4F)c2=O)CN(C(=O)c2cc4sc([C@H]5CCOC(C)(C)C5)nc4cc2C2(c4noc(=O)[nH]4)CC2)CC3)cc(C)c1F. The lowest BCUT2D eigenvalue weighted by Gasteiger charge is -2.34. The van der Waals surface area contributed by atoms with Crippen LogP contribution in [0.2, 0.25) is 0 Å². The smallest absolute Gasteiger partial charge is 0.376 e. The summed E-state index contributed by atoms with van der Waals surface area (Å²) < 4.78 is 48.7. The number of carbonyl (C=O) groups is 1. The summed E-state index contributed by atoms with van der Waals surface area (Å²) in [5.41, 5.74) is 3.53. The average Bonchev–Trinajstić information content (AvgIpc) is 3.71. The average molecular weight is 873 g/mol. The third-order valence-corrected chi connectivity index (χ3v) is 14.2. The number of carbonyl (C=O) groups excluding carboxylic acids is 1. The minimum atomic E-state index is -0.755. The number of amides is 1. The van der Waals surface area contributed by atoms with Crippen LogP contribution in [0, 0.1) is 25.5 Å². The van der Waals surface area contributed by atoms with Crippen LogP contribution in [0.3, 0.4) is 0 Å². The van der Waals surface area contributed by atoms with E-state index in [0.29, 0.717) is 88.8 Å². The Hall–Kier alpha value is -6.53. The van der Waals surface area contributed by atoms with E-state index in [4.69, 9.17) is 19.3 Å². The Morgan fingerprint density at radius 1 is 1.02 bits per heavy atom. The number of halogens is 2. The number of benzene rings is 3. The fourth-order valence-corrected chi connectivity index (χ4v) is 10.8. The molecule has 0 spiro atoms. The number of nitrogens with zero attached hydrogens (tertiary/aromatic N) is 9. The summed E-state index contributed by atoms with van der Waals surface area (Å²) in [5, 5.41) is 14.5. The van der Waals surface area contributed by atoms with Gasteiger partial charge in [0.25, 0.3) is 5.91 Å². The van der Waals surface area contributed by atoms with Gasteiger partial charge >= 0.3 is 11.4 Å². The summed E-state index contributed by atoms with van der Waals surface area (Å²) in [6, 6.07) is 10.5. The van der Waals surface area contributed by atoms with Gasteiger partial charge in [-0.1, -0.05) is 5.16 Å². The van der Waals surface area contributed by atoms with Crippen molar-refractivity contribution in [3.63, 3.8) is 0 Å². The highest BCUT2D eigenvalue weighted by Crippen LogP contribution is 2.54. The second-order valence-electron chi connectivity index (χ2n) is 17.7. The van der Waals surface area contributed by atoms with Crippen LogP contribution in [0.4, 0.5) is 8.78 Å². The lowest BCUT2D eigenvalue weighted by atomic mass is 9.88. The zero-order valence-electron chi connectivity index (χ0n) is 35.2. The summed E-state index contributed by atoms with van der Waals surface area (Å²) in [6.07, 6.45) is 7.76. The highest BCUT2D eigenvalue weighted by Gasteiger charge is 2.52. The van der Waals surface area contributed by atoms with E-state index < -0.39 is 22.7 Å². The third kappa shape index (κ3) is 6.24. The molecule has 1 aliphatic carbocycles. The van der Waals surface area contributed by atoms with Crippen molar-refractivity contribution in [2.75, 3.05) is 13.2 Å². The van der Waals surface area contributed by atoms with Crippen molar-refractivity contribution < 1.29 is 22.8 Å². The van der Waals surface area contributed by atoms with E-state index in [1.807, 2.05) is 12.1 Å². The zero-order chi connectivity index (χ0) is 43.7. The number of thiazole rings is 1. The molecule has 63 heavy (non-hydrogen) atoms. The maximum atomic E-state index is 16.0. The molecule has 3 aliphatic rings. The summed E-state index contributed by atoms with van der Waals surface area (Å²) >= 11 is 1.58. The molecule has 7 heterocycles. The molecule has 2 fully saturated rings. The Morgan fingerprint density at radius 3 is 2.52 bits per heavy atom. The molecule has 0 radical (unpaired) electrons. The van der Waals surface area contributed by atoms with Gasteiger partial charge in [-0.05, 0) is 106 Å².